The van der Waals surface area contributed by atoms with E-state index < -0.39 is 0 Å². The summed E-state index contributed by atoms with van der Waals surface area (Å²) in [4.78, 5) is 5.57. The van der Waals surface area contributed by atoms with Crippen LogP contribution in [-0.2, 0) is 0 Å². The molecule has 3 nitrogen and oxygen atoms in total. The quantitative estimate of drug-likeness (QED) is 0.781. The number of likely N-dealkylation sites (tertiary alicyclic amines) is 1. The maximum Gasteiger partial charge on any atom is 0.0123 e. The molecule has 0 spiro atoms. The van der Waals surface area contributed by atoms with Gasteiger partial charge in [0.05, 0.1) is 0 Å². The molecule has 0 radical (unpaired) electrons. The molecule has 0 bridgehead atoms. The molecule has 0 amide bonds. The second kappa shape index (κ2) is 5.01. The Morgan fingerprint density at radius 2 is 1.68 bits per heavy atom. The molecule has 1 saturated carbocycles. The Hall–Kier alpha value is -0.120. The summed E-state index contributed by atoms with van der Waals surface area (Å²) < 4.78 is 0. The number of nitrogens with two attached hydrogens (primary N) is 1. The highest BCUT2D eigenvalue weighted by Crippen LogP contribution is 2.39. The minimum absolute atomic E-state index is 0.496. The molecule has 1 aliphatic carbocycles. The standard InChI is InChI=1S/C16H29N3/c17-16-5-1-3-12-10-19(11-15(12)16)14-6-8-18-7-2-4-13(18)9-14/h12-16H,1-11,17H2. The lowest BCUT2D eigenvalue weighted by molar-refractivity contribution is 0.0992. The molecule has 3 saturated heterocycles. The Bertz CT molecular complexity index is 332. The number of fused-ring (bicyclic) bond motifs is 2. The zero-order valence-electron chi connectivity index (χ0n) is 12.1. The Balaban J connectivity index is 1.40. The normalized spacial score (nSPS) is 48.2. The summed E-state index contributed by atoms with van der Waals surface area (Å²) in [6, 6.07) is 2.28. The number of hydrogen-bond acceptors (Lipinski definition) is 3. The van der Waals surface area contributed by atoms with Crippen molar-refractivity contribution in [2.24, 2.45) is 17.6 Å². The third-order valence-corrected chi connectivity index (χ3v) is 6.49. The maximum absolute atomic E-state index is 6.36. The van der Waals surface area contributed by atoms with Gasteiger partial charge in [0.15, 0.2) is 0 Å². The summed E-state index contributed by atoms with van der Waals surface area (Å²) in [6.07, 6.45) is 9.83. The number of nitrogens with zero attached hydrogens (tertiary/aromatic N) is 2. The molecule has 108 valence electrons. The molecular weight excluding hydrogens is 234 g/mol. The molecule has 5 unspecified atom stereocenters. The van der Waals surface area contributed by atoms with Gasteiger partial charge in [-0.3, -0.25) is 4.90 Å². The van der Waals surface area contributed by atoms with Crippen LogP contribution in [0.25, 0.3) is 0 Å². The van der Waals surface area contributed by atoms with Gasteiger partial charge in [0.25, 0.3) is 0 Å². The molecule has 3 heterocycles. The molecule has 4 aliphatic rings. The summed E-state index contributed by atoms with van der Waals surface area (Å²) >= 11 is 0. The summed E-state index contributed by atoms with van der Waals surface area (Å²) in [5.74, 6) is 1.74. The van der Waals surface area contributed by atoms with E-state index in [1.807, 2.05) is 0 Å². The van der Waals surface area contributed by atoms with E-state index in [0.717, 1.165) is 23.9 Å². The van der Waals surface area contributed by atoms with Crippen molar-refractivity contribution in [1.29, 1.82) is 0 Å². The van der Waals surface area contributed by atoms with Crippen LogP contribution in [0.1, 0.15) is 44.9 Å². The first-order chi connectivity index (χ1) is 9.31. The van der Waals surface area contributed by atoms with E-state index in [1.165, 1.54) is 71.1 Å². The molecule has 5 atom stereocenters. The number of hydrogen-bond donors (Lipinski definition) is 1. The van der Waals surface area contributed by atoms with E-state index in [1.54, 1.807) is 0 Å². The SMILES string of the molecule is NC1CCCC2CN(C3CCN4CCCC4C3)CC12. The minimum Gasteiger partial charge on any atom is -0.327 e. The van der Waals surface area contributed by atoms with Gasteiger partial charge in [-0.25, -0.2) is 0 Å². The lowest BCUT2D eigenvalue weighted by Gasteiger charge is -2.39. The molecule has 3 heteroatoms. The van der Waals surface area contributed by atoms with Crippen LogP contribution in [0.5, 0.6) is 0 Å². The van der Waals surface area contributed by atoms with Crippen LogP contribution in [0, 0.1) is 11.8 Å². The van der Waals surface area contributed by atoms with Crippen LogP contribution >= 0.6 is 0 Å². The third-order valence-electron chi connectivity index (χ3n) is 6.49. The Labute approximate surface area is 117 Å². The van der Waals surface area contributed by atoms with Crippen LogP contribution < -0.4 is 5.73 Å². The van der Waals surface area contributed by atoms with Crippen molar-refractivity contribution in [2.75, 3.05) is 26.2 Å². The van der Waals surface area contributed by atoms with Gasteiger partial charge in [0.2, 0.25) is 0 Å². The van der Waals surface area contributed by atoms with Crippen LogP contribution in [0.2, 0.25) is 0 Å². The van der Waals surface area contributed by atoms with Crippen LogP contribution in [0.15, 0.2) is 0 Å². The fourth-order valence-corrected chi connectivity index (χ4v) is 5.38. The summed E-state index contributed by atoms with van der Waals surface area (Å²) in [6.45, 7) is 5.39. The molecule has 4 rings (SSSR count). The van der Waals surface area contributed by atoms with E-state index >= 15 is 0 Å². The summed E-state index contributed by atoms with van der Waals surface area (Å²) in [5, 5.41) is 0. The highest BCUT2D eigenvalue weighted by Gasteiger charge is 2.42. The summed E-state index contributed by atoms with van der Waals surface area (Å²) in [7, 11) is 0. The van der Waals surface area contributed by atoms with E-state index in [0.29, 0.717) is 6.04 Å². The molecule has 0 aromatic rings. The predicted octanol–water partition coefficient (Wildman–Crippen LogP) is 1.67. The molecule has 3 aliphatic heterocycles. The van der Waals surface area contributed by atoms with Gasteiger partial charge in [-0.1, -0.05) is 6.42 Å². The lowest BCUT2D eigenvalue weighted by Crippen LogP contribution is -2.47. The maximum atomic E-state index is 6.36. The first-order valence-corrected chi connectivity index (χ1v) is 8.55. The average Bonchev–Trinajstić information content (AvgIpc) is 3.04. The van der Waals surface area contributed by atoms with Crippen molar-refractivity contribution in [2.45, 2.75) is 63.1 Å². The number of rotatable bonds is 1. The molecule has 19 heavy (non-hydrogen) atoms. The fraction of sp³-hybridized carbons (Fsp3) is 1.00. The van der Waals surface area contributed by atoms with Gasteiger partial charge in [0.1, 0.15) is 0 Å². The van der Waals surface area contributed by atoms with Crippen molar-refractivity contribution in [3.05, 3.63) is 0 Å². The van der Waals surface area contributed by atoms with E-state index in [4.69, 9.17) is 5.73 Å². The third kappa shape index (κ3) is 2.24. The van der Waals surface area contributed by atoms with Crippen LogP contribution in [-0.4, -0.2) is 54.1 Å². The molecule has 2 N–H and O–H groups in total. The molecule has 4 fully saturated rings. The molecule has 0 aromatic heterocycles. The van der Waals surface area contributed by atoms with Gasteiger partial charge in [-0.15, -0.1) is 0 Å². The van der Waals surface area contributed by atoms with Crippen molar-refractivity contribution >= 4 is 0 Å². The highest BCUT2D eigenvalue weighted by atomic mass is 15.2. The summed E-state index contributed by atoms with van der Waals surface area (Å²) in [5.41, 5.74) is 6.36. The van der Waals surface area contributed by atoms with Crippen LogP contribution in [0.4, 0.5) is 0 Å². The van der Waals surface area contributed by atoms with Crippen molar-refractivity contribution in [3.8, 4) is 0 Å². The Kier molecular flexibility index (Phi) is 3.33. The van der Waals surface area contributed by atoms with Gasteiger partial charge in [-0.2, -0.15) is 0 Å². The van der Waals surface area contributed by atoms with E-state index in [-0.39, 0.29) is 0 Å². The van der Waals surface area contributed by atoms with E-state index in [2.05, 4.69) is 9.80 Å². The van der Waals surface area contributed by atoms with Crippen molar-refractivity contribution < 1.29 is 0 Å². The monoisotopic (exact) mass is 263 g/mol. The van der Waals surface area contributed by atoms with Crippen molar-refractivity contribution in [3.63, 3.8) is 0 Å². The highest BCUT2D eigenvalue weighted by molar-refractivity contribution is 4.98. The van der Waals surface area contributed by atoms with Crippen LogP contribution in [0.3, 0.4) is 0 Å². The second-order valence-electron chi connectivity index (χ2n) is 7.48. The average molecular weight is 263 g/mol. The second-order valence-corrected chi connectivity index (χ2v) is 7.48. The van der Waals surface area contributed by atoms with Gasteiger partial charge >= 0.3 is 0 Å². The molecular formula is C16H29N3. The fourth-order valence-electron chi connectivity index (χ4n) is 5.38. The zero-order valence-corrected chi connectivity index (χ0v) is 12.1. The Morgan fingerprint density at radius 3 is 2.58 bits per heavy atom. The first-order valence-electron chi connectivity index (χ1n) is 8.55. The number of piperidine rings is 1. The first kappa shape index (κ1) is 12.6. The Morgan fingerprint density at radius 1 is 0.789 bits per heavy atom. The smallest absolute Gasteiger partial charge is 0.0123 e. The molecule has 0 aromatic carbocycles. The topological polar surface area (TPSA) is 32.5 Å². The lowest BCUT2D eigenvalue weighted by atomic mass is 9.78. The predicted molar refractivity (Wildman–Crippen MR) is 78.0 cm³/mol. The largest absolute Gasteiger partial charge is 0.327 e. The minimum atomic E-state index is 0.496. The van der Waals surface area contributed by atoms with E-state index in [9.17, 15) is 0 Å². The van der Waals surface area contributed by atoms with Crippen molar-refractivity contribution in [1.82, 2.24) is 9.80 Å². The van der Waals surface area contributed by atoms with Gasteiger partial charge in [-0.05, 0) is 63.5 Å². The van der Waals surface area contributed by atoms with Gasteiger partial charge < -0.3 is 10.6 Å². The zero-order chi connectivity index (χ0) is 12.8. The van der Waals surface area contributed by atoms with Gasteiger partial charge in [0, 0.05) is 31.2 Å².